The van der Waals surface area contributed by atoms with Crippen LogP contribution < -0.4 is 5.73 Å². The van der Waals surface area contributed by atoms with Gasteiger partial charge in [-0.15, -0.1) is 12.6 Å². The summed E-state index contributed by atoms with van der Waals surface area (Å²) in [6, 6.07) is 2.34. The first-order valence-corrected chi connectivity index (χ1v) is 4.70. The van der Waals surface area contributed by atoms with Crippen LogP contribution in [0.1, 0.15) is 17.5 Å². The van der Waals surface area contributed by atoms with E-state index in [0.29, 0.717) is 24.1 Å². The van der Waals surface area contributed by atoms with Gasteiger partial charge in [0.25, 0.3) is 0 Å². The van der Waals surface area contributed by atoms with Crippen LogP contribution in [0.3, 0.4) is 0 Å². The maximum atomic E-state index is 12.9. The van der Waals surface area contributed by atoms with E-state index in [1.165, 1.54) is 6.07 Å². The first kappa shape index (κ1) is 9.52. The molecule has 1 aromatic rings. The standard InChI is InChI=1S/C10H9F2NS/c11-7-3-5-1-2-9(14)10(13)6(5)4-8(7)12/h3-4,14H,1-2,13H2. The summed E-state index contributed by atoms with van der Waals surface area (Å²) in [5.74, 6) is -1.69. The smallest absolute Gasteiger partial charge is 0.159 e. The number of aryl methyl sites for hydroxylation is 1. The molecule has 0 heterocycles. The number of thiol groups is 1. The summed E-state index contributed by atoms with van der Waals surface area (Å²) in [6.45, 7) is 0. The van der Waals surface area contributed by atoms with E-state index in [-0.39, 0.29) is 0 Å². The third-order valence-electron chi connectivity index (χ3n) is 2.38. The summed E-state index contributed by atoms with van der Waals surface area (Å²) in [4.78, 5) is 0.739. The number of halogens is 2. The highest BCUT2D eigenvalue weighted by molar-refractivity contribution is 7.84. The Morgan fingerprint density at radius 2 is 1.79 bits per heavy atom. The molecule has 0 atom stereocenters. The van der Waals surface area contributed by atoms with Gasteiger partial charge in [-0.05, 0) is 30.5 Å². The lowest BCUT2D eigenvalue weighted by Gasteiger charge is -2.18. The van der Waals surface area contributed by atoms with Gasteiger partial charge in [-0.25, -0.2) is 8.78 Å². The van der Waals surface area contributed by atoms with Gasteiger partial charge in [-0.3, -0.25) is 0 Å². The normalized spacial score (nSPS) is 15.6. The Morgan fingerprint density at radius 3 is 2.50 bits per heavy atom. The number of hydrogen-bond donors (Lipinski definition) is 2. The van der Waals surface area contributed by atoms with Crippen molar-refractivity contribution in [3.05, 3.63) is 39.8 Å². The second-order valence-electron chi connectivity index (χ2n) is 3.28. The van der Waals surface area contributed by atoms with E-state index < -0.39 is 11.6 Å². The number of hydrogen-bond acceptors (Lipinski definition) is 2. The molecule has 1 nitrogen and oxygen atoms in total. The molecule has 0 spiro atoms. The van der Waals surface area contributed by atoms with Gasteiger partial charge in [0.2, 0.25) is 0 Å². The van der Waals surface area contributed by atoms with Crippen molar-refractivity contribution in [1.82, 2.24) is 0 Å². The highest BCUT2D eigenvalue weighted by Gasteiger charge is 2.17. The Kier molecular flexibility index (Phi) is 2.23. The fourth-order valence-corrected chi connectivity index (χ4v) is 1.82. The first-order valence-electron chi connectivity index (χ1n) is 4.25. The molecule has 0 fully saturated rings. The molecule has 14 heavy (non-hydrogen) atoms. The molecule has 2 rings (SSSR count). The lowest BCUT2D eigenvalue weighted by molar-refractivity contribution is 0.506. The van der Waals surface area contributed by atoms with Gasteiger partial charge < -0.3 is 5.73 Å². The summed E-state index contributed by atoms with van der Waals surface area (Å²) in [7, 11) is 0. The summed E-state index contributed by atoms with van der Waals surface area (Å²) in [5.41, 5.74) is 7.49. The minimum Gasteiger partial charge on any atom is -0.398 e. The average Bonchev–Trinajstić information content (AvgIpc) is 2.15. The highest BCUT2D eigenvalue weighted by atomic mass is 32.1. The maximum absolute atomic E-state index is 12.9. The second kappa shape index (κ2) is 3.28. The van der Waals surface area contributed by atoms with Crippen LogP contribution in [0.2, 0.25) is 0 Å². The minimum atomic E-state index is -0.866. The molecule has 0 saturated carbocycles. The van der Waals surface area contributed by atoms with Gasteiger partial charge in [-0.1, -0.05) is 0 Å². The first-order chi connectivity index (χ1) is 6.59. The predicted molar refractivity (Wildman–Crippen MR) is 54.8 cm³/mol. The van der Waals surface area contributed by atoms with Crippen LogP contribution in [0.25, 0.3) is 5.70 Å². The van der Waals surface area contributed by atoms with Crippen molar-refractivity contribution in [3.63, 3.8) is 0 Å². The van der Waals surface area contributed by atoms with Gasteiger partial charge in [0, 0.05) is 16.2 Å². The van der Waals surface area contributed by atoms with Crippen molar-refractivity contribution in [1.29, 1.82) is 0 Å². The lowest BCUT2D eigenvalue weighted by atomic mass is 9.94. The minimum absolute atomic E-state index is 0.452. The molecule has 4 heteroatoms. The van der Waals surface area contributed by atoms with Crippen molar-refractivity contribution >= 4 is 18.3 Å². The van der Waals surface area contributed by atoms with Crippen LogP contribution in [0.5, 0.6) is 0 Å². The molecule has 1 aliphatic rings. The number of fused-ring (bicyclic) bond motifs is 1. The molecule has 2 N–H and O–H groups in total. The zero-order valence-corrected chi connectivity index (χ0v) is 8.24. The molecular formula is C10H9F2NS. The van der Waals surface area contributed by atoms with E-state index in [2.05, 4.69) is 12.6 Å². The maximum Gasteiger partial charge on any atom is 0.159 e. The molecule has 0 unspecified atom stereocenters. The largest absolute Gasteiger partial charge is 0.398 e. The predicted octanol–water partition coefficient (Wildman–Crippen LogP) is 2.47. The number of allylic oxidation sites excluding steroid dienone is 1. The summed E-state index contributed by atoms with van der Waals surface area (Å²) in [6.07, 6.45) is 1.35. The topological polar surface area (TPSA) is 26.0 Å². The van der Waals surface area contributed by atoms with Crippen molar-refractivity contribution in [2.45, 2.75) is 12.8 Å². The van der Waals surface area contributed by atoms with Crippen molar-refractivity contribution in [3.8, 4) is 0 Å². The monoisotopic (exact) mass is 213 g/mol. The van der Waals surface area contributed by atoms with E-state index in [9.17, 15) is 8.78 Å². The van der Waals surface area contributed by atoms with E-state index in [1.807, 2.05) is 0 Å². The molecule has 0 bridgehead atoms. The molecule has 0 aromatic heterocycles. The van der Waals surface area contributed by atoms with Gasteiger partial charge >= 0.3 is 0 Å². The van der Waals surface area contributed by atoms with Crippen LogP contribution in [-0.2, 0) is 6.42 Å². The molecular weight excluding hydrogens is 204 g/mol. The van der Waals surface area contributed by atoms with Gasteiger partial charge in [0.05, 0.1) is 0 Å². The zero-order chi connectivity index (χ0) is 10.3. The Balaban J connectivity index is 2.64. The molecule has 1 aromatic carbocycles. The zero-order valence-electron chi connectivity index (χ0n) is 7.35. The Bertz CT molecular complexity index is 426. The summed E-state index contributed by atoms with van der Waals surface area (Å²) < 4.78 is 25.8. The van der Waals surface area contributed by atoms with Gasteiger partial charge in [-0.2, -0.15) is 0 Å². The Morgan fingerprint density at radius 1 is 1.14 bits per heavy atom. The van der Waals surface area contributed by atoms with Gasteiger partial charge in [0.1, 0.15) is 0 Å². The number of nitrogens with two attached hydrogens (primary N) is 1. The van der Waals surface area contributed by atoms with E-state index in [1.54, 1.807) is 0 Å². The van der Waals surface area contributed by atoms with Crippen LogP contribution in [-0.4, -0.2) is 0 Å². The van der Waals surface area contributed by atoms with Crippen LogP contribution in [0, 0.1) is 11.6 Å². The van der Waals surface area contributed by atoms with Crippen molar-refractivity contribution < 1.29 is 8.78 Å². The fourth-order valence-electron chi connectivity index (χ4n) is 1.59. The van der Waals surface area contributed by atoms with Crippen LogP contribution in [0.15, 0.2) is 17.0 Å². The van der Waals surface area contributed by atoms with E-state index in [0.717, 1.165) is 16.5 Å². The molecule has 74 valence electrons. The van der Waals surface area contributed by atoms with Crippen LogP contribution in [0.4, 0.5) is 8.78 Å². The SMILES string of the molecule is NC1=C(S)CCc2cc(F)c(F)cc21. The van der Waals surface area contributed by atoms with Crippen molar-refractivity contribution in [2.24, 2.45) is 5.73 Å². The van der Waals surface area contributed by atoms with Crippen molar-refractivity contribution in [2.75, 3.05) is 0 Å². The number of benzene rings is 1. The third-order valence-corrected chi connectivity index (χ3v) is 2.84. The van der Waals surface area contributed by atoms with E-state index >= 15 is 0 Å². The Labute approximate surface area is 86.0 Å². The third kappa shape index (κ3) is 1.39. The molecule has 1 aliphatic carbocycles. The quantitative estimate of drug-likeness (QED) is 0.636. The second-order valence-corrected chi connectivity index (χ2v) is 3.82. The average molecular weight is 213 g/mol. The molecule has 0 radical (unpaired) electrons. The number of rotatable bonds is 0. The van der Waals surface area contributed by atoms with Gasteiger partial charge in [0.15, 0.2) is 11.6 Å². The molecule has 0 aliphatic heterocycles. The summed E-state index contributed by atoms with van der Waals surface area (Å²) >= 11 is 4.18. The highest BCUT2D eigenvalue weighted by Crippen LogP contribution is 2.31. The lowest BCUT2D eigenvalue weighted by Crippen LogP contribution is -2.10. The Hall–Kier alpha value is -1.03. The molecule has 0 amide bonds. The molecule has 0 saturated heterocycles. The summed E-state index contributed by atoms with van der Waals surface area (Å²) in [5, 5.41) is 0. The van der Waals surface area contributed by atoms with Crippen LogP contribution >= 0.6 is 12.6 Å². The van der Waals surface area contributed by atoms with E-state index in [4.69, 9.17) is 5.73 Å². The fraction of sp³-hybridized carbons (Fsp3) is 0.200.